The minimum atomic E-state index is 0.781. The summed E-state index contributed by atoms with van der Waals surface area (Å²) in [6.07, 6.45) is 1.65. The predicted octanol–water partition coefficient (Wildman–Crippen LogP) is 4.12. The van der Waals surface area contributed by atoms with E-state index in [2.05, 4.69) is 44.0 Å². The van der Waals surface area contributed by atoms with Crippen LogP contribution >= 0.6 is 11.6 Å². The summed E-state index contributed by atoms with van der Waals surface area (Å²) in [5, 5.41) is 0.781. The lowest BCUT2D eigenvalue weighted by Gasteiger charge is -2.36. The van der Waals surface area contributed by atoms with E-state index in [0.717, 1.165) is 48.3 Å². The van der Waals surface area contributed by atoms with Gasteiger partial charge in [0.2, 0.25) is 0 Å². The molecule has 1 aliphatic rings. The summed E-state index contributed by atoms with van der Waals surface area (Å²) in [5.41, 5.74) is 3.26. The lowest BCUT2D eigenvalue weighted by atomic mass is 10.1. The van der Waals surface area contributed by atoms with Gasteiger partial charge in [0.15, 0.2) is 0 Å². The zero-order chi connectivity index (χ0) is 17.1. The van der Waals surface area contributed by atoms with Gasteiger partial charge in [-0.05, 0) is 18.2 Å². The van der Waals surface area contributed by atoms with Gasteiger partial charge in [0.25, 0.3) is 0 Å². The van der Waals surface area contributed by atoms with Crippen molar-refractivity contribution in [3.05, 3.63) is 72.0 Å². The van der Waals surface area contributed by atoms with Gasteiger partial charge >= 0.3 is 0 Å². The average Bonchev–Trinajstić information content (AvgIpc) is 2.69. The molecule has 1 aromatic heterocycles. The predicted molar refractivity (Wildman–Crippen MR) is 103 cm³/mol. The van der Waals surface area contributed by atoms with Gasteiger partial charge in [0, 0.05) is 48.5 Å². The van der Waals surface area contributed by atoms with Crippen LogP contribution in [0.25, 0.3) is 11.3 Å². The maximum absolute atomic E-state index is 6.11. The SMILES string of the molecule is Clc1cccc(N2CCN(c3cc(-c4ccccc4)ncn3)CC2)c1. The van der Waals surface area contributed by atoms with Crippen LogP contribution in [0.15, 0.2) is 67.0 Å². The molecule has 3 aromatic rings. The molecule has 2 heterocycles. The monoisotopic (exact) mass is 350 g/mol. The third-order valence-corrected chi connectivity index (χ3v) is 4.73. The van der Waals surface area contributed by atoms with E-state index < -0.39 is 0 Å². The number of anilines is 2. The lowest BCUT2D eigenvalue weighted by molar-refractivity contribution is 0.647. The van der Waals surface area contributed by atoms with Crippen molar-refractivity contribution in [2.75, 3.05) is 36.0 Å². The molecule has 126 valence electrons. The topological polar surface area (TPSA) is 32.3 Å². The second-order valence-corrected chi connectivity index (χ2v) is 6.52. The molecule has 1 fully saturated rings. The highest BCUT2D eigenvalue weighted by molar-refractivity contribution is 6.30. The second-order valence-electron chi connectivity index (χ2n) is 6.08. The van der Waals surface area contributed by atoms with Crippen LogP contribution in [0, 0.1) is 0 Å². The van der Waals surface area contributed by atoms with E-state index in [0.29, 0.717) is 0 Å². The Kier molecular flexibility index (Phi) is 4.53. The van der Waals surface area contributed by atoms with Gasteiger partial charge in [0.1, 0.15) is 12.1 Å². The van der Waals surface area contributed by atoms with Crippen LogP contribution < -0.4 is 9.80 Å². The Labute approximate surface area is 152 Å². The molecular weight excluding hydrogens is 332 g/mol. The first-order valence-corrected chi connectivity index (χ1v) is 8.80. The summed E-state index contributed by atoms with van der Waals surface area (Å²) < 4.78 is 0. The first-order valence-electron chi connectivity index (χ1n) is 8.42. The normalized spacial score (nSPS) is 14.6. The molecule has 0 amide bonds. The molecule has 0 aliphatic carbocycles. The Bertz CT molecular complexity index is 845. The highest BCUT2D eigenvalue weighted by Crippen LogP contribution is 2.24. The van der Waals surface area contributed by atoms with Crippen LogP contribution in [0.5, 0.6) is 0 Å². The molecule has 0 bridgehead atoms. The fraction of sp³-hybridized carbons (Fsp3) is 0.200. The molecule has 0 radical (unpaired) electrons. The van der Waals surface area contributed by atoms with Crippen LogP contribution in [-0.4, -0.2) is 36.1 Å². The molecule has 5 heteroatoms. The summed E-state index contributed by atoms with van der Waals surface area (Å²) in [4.78, 5) is 13.6. The summed E-state index contributed by atoms with van der Waals surface area (Å²) in [7, 11) is 0. The molecule has 2 aromatic carbocycles. The van der Waals surface area contributed by atoms with Gasteiger partial charge < -0.3 is 9.80 Å². The van der Waals surface area contributed by atoms with Crippen LogP contribution in [0.2, 0.25) is 5.02 Å². The van der Waals surface area contributed by atoms with Gasteiger partial charge in [0.05, 0.1) is 5.69 Å². The fourth-order valence-corrected chi connectivity index (χ4v) is 3.34. The number of hydrogen-bond donors (Lipinski definition) is 0. The number of aromatic nitrogens is 2. The van der Waals surface area contributed by atoms with E-state index in [4.69, 9.17) is 11.6 Å². The summed E-state index contributed by atoms with van der Waals surface area (Å²) >= 11 is 6.11. The van der Waals surface area contributed by atoms with E-state index in [1.54, 1.807) is 6.33 Å². The minimum Gasteiger partial charge on any atom is -0.368 e. The number of piperazine rings is 1. The molecule has 0 saturated carbocycles. The van der Waals surface area contributed by atoms with E-state index >= 15 is 0 Å². The van der Waals surface area contributed by atoms with Gasteiger partial charge in [-0.15, -0.1) is 0 Å². The second kappa shape index (κ2) is 7.11. The minimum absolute atomic E-state index is 0.781. The third-order valence-electron chi connectivity index (χ3n) is 4.50. The molecule has 0 spiro atoms. The van der Waals surface area contributed by atoms with Gasteiger partial charge in [-0.3, -0.25) is 0 Å². The molecule has 1 aliphatic heterocycles. The van der Waals surface area contributed by atoms with Crippen LogP contribution in [-0.2, 0) is 0 Å². The largest absolute Gasteiger partial charge is 0.368 e. The van der Waals surface area contributed by atoms with Crippen molar-refractivity contribution >= 4 is 23.1 Å². The maximum Gasteiger partial charge on any atom is 0.132 e. The van der Waals surface area contributed by atoms with Crippen LogP contribution in [0.1, 0.15) is 0 Å². The Morgan fingerprint density at radius 3 is 2.28 bits per heavy atom. The zero-order valence-corrected chi connectivity index (χ0v) is 14.6. The Morgan fingerprint density at radius 1 is 0.760 bits per heavy atom. The Morgan fingerprint density at radius 2 is 1.52 bits per heavy atom. The van der Waals surface area contributed by atoms with E-state index in [-0.39, 0.29) is 0 Å². The third kappa shape index (κ3) is 3.59. The van der Waals surface area contributed by atoms with Crippen LogP contribution in [0.3, 0.4) is 0 Å². The van der Waals surface area contributed by atoms with Gasteiger partial charge in [-0.2, -0.15) is 0 Å². The van der Waals surface area contributed by atoms with Crippen molar-refractivity contribution in [1.82, 2.24) is 9.97 Å². The summed E-state index contributed by atoms with van der Waals surface area (Å²) in [6.45, 7) is 3.76. The van der Waals surface area contributed by atoms with E-state index in [1.165, 1.54) is 5.69 Å². The van der Waals surface area contributed by atoms with Crippen molar-refractivity contribution in [3.63, 3.8) is 0 Å². The first kappa shape index (κ1) is 15.9. The fourth-order valence-electron chi connectivity index (χ4n) is 3.15. The molecule has 4 rings (SSSR count). The van der Waals surface area contributed by atoms with Gasteiger partial charge in [-0.25, -0.2) is 9.97 Å². The molecule has 0 unspecified atom stereocenters. The highest BCUT2D eigenvalue weighted by Gasteiger charge is 2.19. The highest BCUT2D eigenvalue weighted by atomic mass is 35.5. The molecule has 4 nitrogen and oxygen atoms in total. The number of halogens is 1. The first-order chi connectivity index (χ1) is 12.3. The van der Waals surface area contributed by atoms with Crippen LogP contribution in [0.4, 0.5) is 11.5 Å². The number of benzene rings is 2. The molecule has 0 atom stereocenters. The molecule has 0 N–H and O–H groups in total. The maximum atomic E-state index is 6.11. The quantitative estimate of drug-likeness (QED) is 0.711. The summed E-state index contributed by atoms with van der Waals surface area (Å²) in [6, 6.07) is 20.3. The molecule has 25 heavy (non-hydrogen) atoms. The zero-order valence-electron chi connectivity index (χ0n) is 13.8. The van der Waals surface area contributed by atoms with Crippen molar-refractivity contribution < 1.29 is 0 Å². The Hall–Kier alpha value is -2.59. The number of nitrogens with zero attached hydrogens (tertiary/aromatic N) is 4. The van der Waals surface area contributed by atoms with E-state index in [9.17, 15) is 0 Å². The average molecular weight is 351 g/mol. The summed E-state index contributed by atoms with van der Waals surface area (Å²) in [5.74, 6) is 0.986. The lowest BCUT2D eigenvalue weighted by Crippen LogP contribution is -2.46. The van der Waals surface area contributed by atoms with Crippen molar-refractivity contribution in [3.8, 4) is 11.3 Å². The smallest absolute Gasteiger partial charge is 0.132 e. The Balaban J connectivity index is 1.48. The number of rotatable bonds is 3. The van der Waals surface area contributed by atoms with E-state index in [1.807, 2.05) is 36.4 Å². The molecular formula is C20H19ClN4. The molecule has 1 saturated heterocycles. The standard InChI is InChI=1S/C20H19ClN4/c21-17-7-4-8-18(13-17)24-9-11-25(12-10-24)20-14-19(22-15-23-20)16-5-2-1-3-6-16/h1-8,13-15H,9-12H2. The van der Waals surface area contributed by atoms with Gasteiger partial charge in [-0.1, -0.05) is 48.0 Å². The van der Waals surface area contributed by atoms with Crippen molar-refractivity contribution in [1.29, 1.82) is 0 Å². The number of hydrogen-bond acceptors (Lipinski definition) is 4. The van der Waals surface area contributed by atoms with Crippen molar-refractivity contribution in [2.24, 2.45) is 0 Å². The van der Waals surface area contributed by atoms with Crippen molar-refractivity contribution in [2.45, 2.75) is 0 Å².